The number of fused-ring (bicyclic) bond motifs is 6. The molecule has 5 heteroatoms. The quantitative estimate of drug-likeness (QED) is 0.327. The summed E-state index contributed by atoms with van der Waals surface area (Å²) in [7, 11) is 0. The molecule has 1 amide bonds. The minimum absolute atomic E-state index is 0.118. The Bertz CT molecular complexity index is 1560. The van der Waals surface area contributed by atoms with E-state index in [0.717, 1.165) is 62.5 Å². The fraction of sp³-hybridized carbons (Fsp3) is 0.185. The lowest BCUT2D eigenvalue weighted by Crippen LogP contribution is -2.25. The molecule has 0 saturated heterocycles. The van der Waals surface area contributed by atoms with Crippen molar-refractivity contribution in [1.82, 2.24) is 14.7 Å². The van der Waals surface area contributed by atoms with Gasteiger partial charge in [-0.1, -0.05) is 59.6 Å². The number of imidazole rings is 1. The molecule has 158 valence electrons. The highest BCUT2D eigenvalue weighted by molar-refractivity contribution is 6.32. The summed E-state index contributed by atoms with van der Waals surface area (Å²) >= 11 is 6.47. The summed E-state index contributed by atoms with van der Waals surface area (Å²) in [6.07, 6.45) is 2.06. The van der Waals surface area contributed by atoms with Crippen molar-refractivity contribution < 1.29 is 4.79 Å². The van der Waals surface area contributed by atoms with E-state index >= 15 is 0 Å². The molecular weight excluding hydrogens is 418 g/mol. The Labute approximate surface area is 190 Å². The van der Waals surface area contributed by atoms with Crippen LogP contribution in [0, 0.1) is 13.8 Å². The van der Waals surface area contributed by atoms with E-state index in [1.807, 2.05) is 30.3 Å². The molecule has 5 aromatic rings. The normalized spacial score (nSPS) is 13.8. The predicted octanol–water partition coefficient (Wildman–Crippen LogP) is 6.47. The number of amides is 1. The zero-order valence-corrected chi connectivity index (χ0v) is 18.7. The van der Waals surface area contributed by atoms with Gasteiger partial charge in [0.25, 0.3) is 5.91 Å². The van der Waals surface area contributed by atoms with Gasteiger partial charge in [-0.05, 0) is 55.8 Å². The number of halogens is 1. The highest BCUT2D eigenvalue weighted by atomic mass is 35.5. The van der Waals surface area contributed by atoms with Crippen molar-refractivity contribution >= 4 is 44.7 Å². The molecule has 1 aliphatic carbocycles. The van der Waals surface area contributed by atoms with Crippen LogP contribution in [-0.4, -0.2) is 21.3 Å². The summed E-state index contributed by atoms with van der Waals surface area (Å²) in [6, 6.07) is 20.7. The van der Waals surface area contributed by atoms with Crippen LogP contribution in [0.3, 0.4) is 0 Å². The van der Waals surface area contributed by atoms with Gasteiger partial charge in [-0.15, -0.1) is 0 Å². The first kappa shape index (κ1) is 19.3. The van der Waals surface area contributed by atoms with E-state index in [0.29, 0.717) is 10.7 Å². The van der Waals surface area contributed by atoms with E-state index in [1.165, 1.54) is 0 Å². The standard InChI is InChI=1S/C27H22ClN3O/c1-15-5-3-7-17(13-15)26-30-24(27(32)29-19-10-11-19)25-21-8-4-6-16(2)23(21)20-12-9-18(28)14-22(20)31(25)26/h3-9,12-14,19H,10-11H2,1-2H3,(H,29,32). The van der Waals surface area contributed by atoms with Gasteiger partial charge in [0.05, 0.1) is 11.0 Å². The van der Waals surface area contributed by atoms with E-state index in [9.17, 15) is 4.79 Å². The number of carbonyl (C=O) groups is 1. The number of hydrogen-bond donors (Lipinski definition) is 1. The smallest absolute Gasteiger partial charge is 0.272 e. The SMILES string of the molecule is Cc1cccc(-c2nc(C(=O)NC3CC3)c3c4cccc(C)c4c4ccc(Cl)cc4n23)c1. The van der Waals surface area contributed by atoms with E-state index < -0.39 is 0 Å². The van der Waals surface area contributed by atoms with Gasteiger partial charge in [-0.3, -0.25) is 9.20 Å². The number of rotatable bonds is 3. The van der Waals surface area contributed by atoms with Gasteiger partial charge in [0, 0.05) is 27.4 Å². The van der Waals surface area contributed by atoms with Crippen LogP contribution in [0.1, 0.15) is 34.5 Å². The van der Waals surface area contributed by atoms with Crippen LogP contribution < -0.4 is 5.32 Å². The fourth-order valence-electron chi connectivity index (χ4n) is 4.64. The second kappa shape index (κ2) is 7.07. The Kier molecular flexibility index (Phi) is 4.27. The largest absolute Gasteiger partial charge is 0.348 e. The first-order valence-electron chi connectivity index (χ1n) is 10.9. The van der Waals surface area contributed by atoms with Crippen molar-refractivity contribution in [3.63, 3.8) is 0 Å². The molecule has 2 heterocycles. The molecule has 0 aliphatic heterocycles. The topological polar surface area (TPSA) is 46.4 Å². The molecule has 1 saturated carbocycles. The second-order valence-electron chi connectivity index (χ2n) is 8.74. The molecule has 3 aromatic carbocycles. The maximum atomic E-state index is 13.3. The maximum absolute atomic E-state index is 13.3. The molecule has 2 aromatic heterocycles. The Hall–Kier alpha value is -3.37. The van der Waals surface area contributed by atoms with Crippen molar-refractivity contribution in [1.29, 1.82) is 0 Å². The van der Waals surface area contributed by atoms with Crippen molar-refractivity contribution in [3.8, 4) is 11.4 Å². The molecule has 4 nitrogen and oxygen atoms in total. The summed E-state index contributed by atoms with van der Waals surface area (Å²) in [5.41, 5.74) is 5.51. The fourth-order valence-corrected chi connectivity index (χ4v) is 4.81. The third kappa shape index (κ3) is 2.98. The minimum Gasteiger partial charge on any atom is -0.348 e. The van der Waals surface area contributed by atoms with Crippen molar-refractivity contribution in [2.45, 2.75) is 32.7 Å². The molecule has 6 rings (SSSR count). The molecule has 1 aliphatic rings. The molecule has 0 spiro atoms. The van der Waals surface area contributed by atoms with Crippen molar-refractivity contribution in [2.24, 2.45) is 0 Å². The van der Waals surface area contributed by atoms with Gasteiger partial charge in [0.15, 0.2) is 5.69 Å². The molecule has 0 bridgehead atoms. The Morgan fingerprint density at radius 3 is 2.62 bits per heavy atom. The molecule has 1 fully saturated rings. The van der Waals surface area contributed by atoms with Crippen molar-refractivity contribution in [3.05, 3.63) is 82.5 Å². The Morgan fingerprint density at radius 2 is 1.84 bits per heavy atom. The molecule has 0 unspecified atom stereocenters. The molecule has 32 heavy (non-hydrogen) atoms. The maximum Gasteiger partial charge on any atom is 0.272 e. The number of aryl methyl sites for hydroxylation is 2. The molecular formula is C27H22ClN3O. The molecule has 0 atom stereocenters. The van der Waals surface area contributed by atoms with E-state index in [4.69, 9.17) is 16.6 Å². The number of carbonyl (C=O) groups excluding carboxylic acids is 1. The third-order valence-corrected chi connectivity index (χ3v) is 6.51. The number of hydrogen-bond acceptors (Lipinski definition) is 2. The lowest BCUT2D eigenvalue weighted by atomic mass is 9.99. The number of aromatic nitrogens is 2. The Morgan fingerprint density at radius 1 is 1.03 bits per heavy atom. The number of nitrogens with zero attached hydrogens (tertiary/aromatic N) is 2. The lowest BCUT2D eigenvalue weighted by molar-refractivity contribution is 0.0948. The number of pyridine rings is 1. The third-order valence-electron chi connectivity index (χ3n) is 6.28. The van der Waals surface area contributed by atoms with Crippen molar-refractivity contribution in [2.75, 3.05) is 0 Å². The van der Waals surface area contributed by atoms with Crippen LogP contribution in [0.2, 0.25) is 5.02 Å². The van der Waals surface area contributed by atoms with Gasteiger partial charge >= 0.3 is 0 Å². The van der Waals surface area contributed by atoms with Gasteiger partial charge in [0.1, 0.15) is 5.82 Å². The first-order chi connectivity index (χ1) is 15.5. The summed E-state index contributed by atoms with van der Waals surface area (Å²) in [4.78, 5) is 18.3. The lowest BCUT2D eigenvalue weighted by Gasteiger charge is -2.13. The average molecular weight is 440 g/mol. The first-order valence-corrected chi connectivity index (χ1v) is 11.3. The van der Waals surface area contributed by atoms with E-state index in [2.05, 4.69) is 53.9 Å². The van der Waals surface area contributed by atoms with Gasteiger partial charge in [0.2, 0.25) is 0 Å². The van der Waals surface area contributed by atoms with Crippen LogP contribution in [0.25, 0.3) is 38.6 Å². The number of benzene rings is 3. The van der Waals surface area contributed by atoms with Gasteiger partial charge < -0.3 is 5.32 Å². The predicted molar refractivity (Wildman–Crippen MR) is 131 cm³/mol. The Balaban J connectivity index is 1.83. The van der Waals surface area contributed by atoms with Crippen LogP contribution in [0.15, 0.2) is 60.7 Å². The van der Waals surface area contributed by atoms with Gasteiger partial charge in [-0.2, -0.15) is 0 Å². The van der Waals surface area contributed by atoms with Gasteiger partial charge in [-0.25, -0.2) is 4.98 Å². The highest BCUT2D eigenvalue weighted by Crippen LogP contribution is 2.38. The van der Waals surface area contributed by atoms with Crippen LogP contribution in [0.5, 0.6) is 0 Å². The summed E-state index contributed by atoms with van der Waals surface area (Å²) < 4.78 is 2.11. The van der Waals surface area contributed by atoms with Crippen LogP contribution in [-0.2, 0) is 0 Å². The average Bonchev–Trinajstić information content (AvgIpc) is 3.49. The van der Waals surface area contributed by atoms with Crippen LogP contribution >= 0.6 is 11.6 Å². The summed E-state index contributed by atoms with van der Waals surface area (Å²) in [5, 5.41) is 7.03. The zero-order valence-electron chi connectivity index (χ0n) is 17.9. The second-order valence-corrected chi connectivity index (χ2v) is 9.18. The highest BCUT2D eigenvalue weighted by Gasteiger charge is 2.28. The minimum atomic E-state index is -0.118. The zero-order chi connectivity index (χ0) is 22.0. The monoisotopic (exact) mass is 439 g/mol. The molecule has 1 N–H and O–H groups in total. The number of nitrogens with one attached hydrogen (secondary N) is 1. The van der Waals surface area contributed by atoms with E-state index in [-0.39, 0.29) is 11.9 Å². The van der Waals surface area contributed by atoms with E-state index in [1.54, 1.807) is 0 Å². The summed E-state index contributed by atoms with van der Waals surface area (Å²) in [5.74, 6) is 0.633. The van der Waals surface area contributed by atoms with Crippen LogP contribution in [0.4, 0.5) is 0 Å². The molecule has 0 radical (unpaired) electrons. The summed E-state index contributed by atoms with van der Waals surface area (Å²) in [6.45, 7) is 4.17.